The van der Waals surface area contributed by atoms with Crippen LogP contribution in [0.1, 0.15) is 31.4 Å². The van der Waals surface area contributed by atoms with Gasteiger partial charge in [0, 0.05) is 30.4 Å². The molecule has 1 aromatic rings. The highest BCUT2D eigenvalue weighted by molar-refractivity contribution is 7.07. The van der Waals surface area contributed by atoms with Crippen LogP contribution in [0, 0.1) is 0 Å². The summed E-state index contributed by atoms with van der Waals surface area (Å²) >= 11 is 1.60. The van der Waals surface area contributed by atoms with Crippen molar-refractivity contribution in [1.82, 2.24) is 15.2 Å². The molecule has 2 unspecified atom stereocenters. The maximum absolute atomic E-state index is 12.4. The van der Waals surface area contributed by atoms with E-state index in [9.17, 15) is 4.79 Å². The third-order valence-electron chi connectivity index (χ3n) is 4.02. The Morgan fingerprint density at radius 1 is 1.35 bits per heavy atom. The van der Waals surface area contributed by atoms with Gasteiger partial charge in [0.15, 0.2) is 0 Å². The molecule has 2 saturated heterocycles. The number of carbonyl (C=O) groups excluding carboxylic acids is 1. The summed E-state index contributed by atoms with van der Waals surface area (Å²) in [4.78, 5) is 18.8. The second-order valence-electron chi connectivity index (χ2n) is 5.16. The molecule has 3 heterocycles. The number of aromatic nitrogens is 1. The lowest BCUT2D eigenvalue weighted by Crippen LogP contribution is -2.42. The molecule has 3 rings (SSSR count). The third-order valence-corrected chi connectivity index (χ3v) is 4.66. The molecule has 0 aromatic carbocycles. The van der Waals surface area contributed by atoms with E-state index in [-0.39, 0.29) is 24.8 Å². The Balaban J connectivity index is 0.000001000. The van der Waals surface area contributed by atoms with Crippen molar-refractivity contribution >= 4 is 42.1 Å². The summed E-state index contributed by atoms with van der Waals surface area (Å²) in [6.07, 6.45) is 4.86. The van der Waals surface area contributed by atoms with Gasteiger partial charge in [-0.05, 0) is 32.2 Å². The predicted molar refractivity (Wildman–Crippen MR) is 86.1 cm³/mol. The van der Waals surface area contributed by atoms with Crippen molar-refractivity contribution in [2.45, 2.75) is 44.2 Å². The summed E-state index contributed by atoms with van der Waals surface area (Å²) in [6, 6.07) is 0.911. The highest BCUT2D eigenvalue weighted by atomic mass is 35.5. The molecule has 2 aliphatic rings. The van der Waals surface area contributed by atoms with E-state index >= 15 is 0 Å². The van der Waals surface area contributed by atoms with Crippen LogP contribution in [-0.4, -0.2) is 41.0 Å². The molecule has 114 valence electrons. The first-order valence-corrected chi connectivity index (χ1v) is 7.68. The summed E-state index contributed by atoms with van der Waals surface area (Å²) in [7, 11) is 0. The molecule has 0 radical (unpaired) electrons. The lowest BCUT2D eigenvalue weighted by molar-refractivity contribution is -0.133. The topological polar surface area (TPSA) is 45.2 Å². The van der Waals surface area contributed by atoms with Gasteiger partial charge in [-0.2, -0.15) is 0 Å². The molecule has 1 N–H and O–H groups in total. The number of fused-ring (bicyclic) bond motifs is 2. The maximum atomic E-state index is 12.4. The normalized spacial score (nSPS) is 24.5. The molecule has 4 nitrogen and oxygen atoms in total. The van der Waals surface area contributed by atoms with Crippen LogP contribution in [0.15, 0.2) is 10.9 Å². The Hall–Kier alpha value is -0.360. The van der Waals surface area contributed by atoms with Gasteiger partial charge in [0.1, 0.15) is 0 Å². The Labute approximate surface area is 136 Å². The van der Waals surface area contributed by atoms with E-state index in [1.54, 1.807) is 11.3 Å². The van der Waals surface area contributed by atoms with Gasteiger partial charge < -0.3 is 10.2 Å². The fourth-order valence-electron chi connectivity index (χ4n) is 3.11. The summed E-state index contributed by atoms with van der Waals surface area (Å²) < 4.78 is 0. The van der Waals surface area contributed by atoms with Crippen molar-refractivity contribution < 1.29 is 4.79 Å². The van der Waals surface area contributed by atoms with Crippen molar-refractivity contribution in [1.29, 1.82) is 0 Å². The number of carbonyl (C=O) groups is 1. The van der Waals surface area contributed by atoms with Crippen LogP contribution in [-0.2, 0) is 11.2 Å². The maximum Gasteiger partial charge on any atom is 0.223 e. The Morgan fingerprint density at radius 3 is 2.90 bits per heavy atom. The summed E-state index contributed by atoms with van der Waals surface area (Å²) in [6.45, 7) is 2.02. The number of thiazole rings is 1. The minimum Gasteiger partial charge on any atom is -0.335 e. The second kappa shape index (κ2) is 8.17. The third kappa shape index (κ3) is 3.85. The van der Waals surface area contributed by atoms with Crippen molar-refractivity contribution in [3.63, 3.8) is 0 Å². The molecule has 0 spiro atoms. The second-order valence-corrected chi connectivity index (χ2v) is 5.88. The molecule has 0 saturated carbocycles. The first-order chi connectivity index (χ1) is 8.84. The van der Waals surface area contributed by atoms with Crippen molar-refractivity contribution in [2.24, 2.45) is 0 Å². The van der Waals surface area contributed by atoms with E-state index in [4.69, 9.17) is 0 Å². The number of nitrogens with one attached hydrogen (secondary N) is 1. The predicted octanol–water partition coefficient (Wildman–Crippen LogP) is 2.27. The number of hydrogen-bond acceptors (Lipinski definition) is 4. The number of amides is 1. The Bertz CT molecular complexity index is 402. The molecule has 2 fully saturated rings. The van der Waals surface area contributed by atoms with Gasteiger partial charge in [-0.3, -0.25) is 4.79 Å². The zero-order chi connectivity index (χ0) is 12.4. The standard InChI is InChI=1S/C13H19N3OS.2ClH/c17-13(4-1-10-8-18-9-15-10)16-11-2-3-12(16)7-14-6-5-11;;/h8-9,11-12,14H,1-7H2;2*1H. The van der Waals surface area contributed by atoms with Crippen LogP contribution in [0.3, 0.4) is 0 Å². The molecule has 1 amide bonds. The van der Waals surface area contributed by atoms with Gasteiger partial charge in [-0.25, -0.2) is 4.98 Å². The smallest absolute Gasteiger partial charge is 0.223 e. The van der Waals surface area contributed by atoms with E-state index in [0.29, 0.717) is 24.4 Å². The van der Waals surface area contributed by atoms with E-state index in [1.165, 1.54) is 12.8 Å². The van der Waals surface area contributed by atoms with E-state index < -0.39 is 0 Å². The highest BCUT2D eigenvalue weighted by Crippen LogP contribution is 2.28. The van der Waals surface area contributed by atoms with E-state index in [0.717, 1.165) is 31.6 Å². The monoisotopic (exact) mass is 337 g/mol. The number of halogens is 2. The van der Waals surface area contributed by atoms with Crippen molar-refractivity contribution in [2.75, 3.05) is 13.1 Å². The molecule has 20 heavy (non-hydrogen) atoms. The van der Waals surface area contributed by atoms with Gasteiger partial charge in [-0.1, -0.05) is 0 Å². The average molecular weight is 338 g/mol. The molecule has 7 heteroatoms. The Kier molecular flexibility index (Phi) is 7.23. The van der Waals surface area contributed by atoms with Crippen molar-refractivity contribution in [3.05, 3.63) is 16.6 Å². The van der Waals surface area contributed by atoms with Gasteiger partial charge >= 0.3 is 0 Å². The number of rotatable bonds is 3. The van der Waals surface area contributed by atoms with Crippen LogP contribution in [0.2, 0.25) is 0 Å². The van der Waals surface area contributed by atoms with Crippen LogP contribution in [0.25, 0.3) is 0 Å². The van der Waals surface area contributed by atoms with Gasteiger partial charge in [0.25, 0.3) is 0 Å². The molecular formula is C13H21Cl2N3OS. The fourth-order valence-corrected chi connectivity index (χ4v) is 3.71. The first kappa shape index (κ1) is 17.7. The highest BCUT2D eigenvalue weighted by Gasteiger charge is 2.37. The molecular weight excluding hydrogens is 317 g/mol. The van der Waals surface area contributed by atoms with Gasteiger partial charge in [-0.15, -0.1) is 36.2 Å². The zero-order valence-electron chi connectivity index (χ0n) is 11.3. The average Bonchev–Trinajstić information content (AvgIpc) is 2.93. The molecule has 1 aromatic heterocycles. The molecule has 2 bridgehead atoms. The van der Waals surface area contributed by atoms with Crippen LogP contribution in [0.5, 0.6) is 0 Å². The Morgan fingerprint density at radius 2 is 2.15 bits per heavy atom. The molecule has 2 aliphatic heterocycles. The minimum atomic E-state index is 0. The van der Waals surface area contributed by atoms with E-state index in [2.05, 4.69) is 15.2 Å². The SMILES string of the molecule is Cl.Cl.O=C(CCc1cscn1)N1C2CCNCC1CC2. The van der Waals surface area contributed by atoms with Crippen molar-refractivity contribution in [3.8, 4) is 0 Å². The van der Waals surface area contributed by atoms with E-state index in [1.807, 2.05) is 10.9 Å². The zero-order valence-corrected chi connectivity index (χ0v) is 13.7. The number of nitrogens with zero attached hydrogens (tertiary/aromatic N) is 2. The van der Waals surface area contributed by atoms with Crippen LogP contribution in [0.4, 0.5) is 0 Å². The molecule has 0 aliphatic carbocycles. The lowest BCUT2D eigenvalue weighted by atomic mass is 10.1. The quantitative estimate of drug-likeness (QED) is 0.920. The van der Waals surface area contributed by atoms with Crippen LogP contribution >= 0.6 is 36.2 Å². The fraction of sp³-hybridized carbons (Fsp3) is 0.692. The van der Waals surface area contributed by atoms with Gasteiger partial charge in [0.05, 0.1) is 11.2 Å². The summed E-state index contributed by atoms with van der Waals surface area (Å²) in [5.41, 5.74) is 2.88. The summed E-state index contributed by atoms with van der Waals surface area (Å²) in [5.74, 6) is 0.319. The minimum absolute atomic E-state index is 0. The number of aryl methyl sites for hydroxylation is 1. The first-order valence-electron chi connectivity index (χ1n) is 6.73. The molecule has 2 atom stereocenters. The largest absolute Gasteiger partial charge is 0.335 e. The summed E-state index contributed by atoms with van der Waals surface area (Å²) in [5, 5.41) is 5.46. The van der Waals surface area contributed by atoms with Gasteiger partial charge in [0.2, 0.25) is 5.91 Å². The number of hydrogen-bond donors (Lipinski definition) is 1. The lowest BCUT2D eigenvalue weighted by Gasteiger charge is -2.27. The van der Waals surface area contributed by atoms with Crippen LogP contribution < -0.4 is 5.32 Å².